The number of hydrogen-bond acceptors (Lipinski definition) is 5. The third-order valence-corrected chi connectivity index (χ3v) is 5.07. The van der Waals surface area contributed by atoms with Crippen molar-refractivity contribution in [1.29, 1.82) is 0 Å². The first-order chi connectivity index (χ1) is 12.8. The van der Waals surface area contributed by atoms with Crippen LogP contribution in [0.4, 0.5) is 10.5 Å². The maximum absolute atomic E-state index is 12.5. The molecule has 138 valence electrons. The molecule has 0 aliphatic carbocycles. The van der Waals surface area contributed by atoms with Gasteiger partial charge in [-0.15, -0.1) is 0 Å². The normalized spacial score (nSPS) is 15.5. The maximum Gasteiger partial charge on any atom is 0.294 e. The average molecular weight is 403 g/mol. The summed E-state index contributed by atoms with van der Waals surface area (Å²) in [7, 11) is 0. The van der Waals surface area contributed by atoms with E-state index in [1.165, 1.54) is 18.2 Å². The van der Waals surface area contributed by atoms with Gasteiger partial charge in [-0.1, -0.05) is 35.9 Å². The van der Waals surface area contributed by atoms with Crippen LogP contribution in [0.1, 0.15) is 11.1 Å². The van der Waals surface area contributed by atoms with Gasteiger partial charge in [-0.05, 0) is 54.1 Å². The highest BCUT2D eigenvalue weighted by Crippen LogP contribution is 2.33. The zero-order valence-corrected chi connectivity index (χ0v) is 15.8. The van der Waals surface area contributed by atoms with Crippen molar-refractivity contribution in [2.75, 3.05) is 11.9 Å². The van der Waals surface area contributed by atoms with Gasteiger partial charge in [-0.3, -0.25) is 19.3 Å². The number of anilines is 1. The molecule has 0 atom stereocenters. The van der Waals surface area contributed by atoms with E-state index in [4.69, 9.17) is 11.6 Å². The predicted octanol–water partition coefficient (Wildman–Crippen LogP) is 4.03. The molecule has 1 heterocycles. The molecule has 1 saturated heterocycles. The van der Waals surface area contributed by atoms with Gasteiger partial charge in [-0.2, -0.15) is 0 Å². The molecule has 3 rings (SSSR count). The molecule has 2 aromatic rings. The summed E-state index contributed by atoms with van der Waals surface area (Å²) in [6.45, 7) is 1.48. The Bertz CT molecular complexity index is 974. The van der Waals surface area contributed by atoms with E-state index in [0.29, 0.717) is 11.3 Å². The largest absolute Gasteiger partial charge is 0.506 e. The minimum absolute atomic E-state index is 0.0743. The number of halogens is 1. The van der Waals surface area contributed by atoms with Crippen molar-refractivity contribution in [3.05, 3.63) is 63.5 Å². The van der Waals surface area contributed by atoms with Crippen molar-refractivity contribution in [2.45, 2.75) is 6.92 Å². The average Bonchev–Trinajstić information content (AvgIpc) is 2.88. The quantitative estimate of drug-likeness (QED) is 0.754. The summed E-state index contributed by atoms with van der Waals surface area (Å²) < 4.78 is 0. The first-order valence-corrected chi connectivity index (χ1v) is 9.14. The van der Waals surface area contributed by atoms with Crippen LogP contribution in [-0.4, -0.2) is 33.6 Å². The summed E-state index contributed by atoms with van der Waals surface area (Å²) >= 11 is 6.60. The molecule has 0 saturated carbocycles. The Morgan fingerprint density at radius 1 is 1.26 bits per heavy atom. The number of imide groups is 1. The number of nitrogens with one attached hydrogen (secondary N) is 1. The van der Waals surface area contributed by atoms with Crippen LogP contribution in [0.3, 0.4) is 0 Å². The summed E-state index contributed by atoms with van der Waals surface area (Å²) in [6, 6.07) is 11.7. The number of nitrogens with zero attached hydrogens (tertiary/aromatic N) is 1. The van der Waals surface area contributed by atoms with E-state index in [1.54, 1.807) is 18.2 Å². The second kappa shape index (κ2) is 7.85. The lowest BCUT2D eigenvalue weighted by Crippen LogP contribution is -2.36. The zero-order valence-electron chi connectivity index (χ0n) is 14.2. The van der Waals surface area contributed by atoms with Crippen LogP contribution < -0.4 is 5.32 Å². The zero-order chi connectivity index (χ0) is 19.6. The molecule has 8 heteroatoms. The van der Waals surface area contributed by atoms with Crippen LogP contribution >= 0.6 is 23.4 Å². The Morgan fingerprint density at radius 2 is 2.00 bits per heavy atom. The number of para-hydroxylation sites is 1. The fourth-order valence-electron chi connectivity index (χ4n) is 2.45. The van der Waals surface area contributed by atoms with Gasteiger partial charge in [0.15, 0.2) is 0 Å². The number of carbonyl (C=O) groups excluding carboxylic acids is 3. The second-order valence-electron chi connectivity index (χ2n) is 5.84. The molecular weight excluding hydrogens is 388 g/mol. The number of phenolic OH excluding ortho intramolecular Hbond substituents is 1. The van der Waals surface area contributed by atoms with Crippen LogP contribution in [0.2, 0.25) is 5.02 Å². The monoisotopic (exact) mass is 402 g/mol. The van der Waals surface area contributed by atoms with Gasteiger partial charge in [0.05, 0.1) is 9.93 Å². The van der Waals surface area contributed by atoms with E-state index in [1.807, 2.05) is 19.1 Å². The number of rotatable bonds is 4. The van der Waals surface area contributed by atoms with Gasteiger partial charge in [0.2, 0.25) is 5.91 Å². The molecule has 2 N–H and O–H groups in total. The summed E-state index contributed by atoms with van der Waals surface area (Å²) in [5.74, 6) is -1.08. The highest BCUT2D eigenvalue weighted by molar-refractivity contribution is 8.18. The van der Waals surface area contributed by atoms with Crippen molar-refractivity contribution in [2.24, 2.45) is 0 Å². The highest BCUT2D eigenvalue weighted by Gasteiger charge is 2.36. The van der Waals surface area contributed by atoms with Gasteiger partial charge in [-0.25, -0.2) is 0 Å². The predicted molar refractivity (Wildman–Crippen MR) is 106 cm³/mol. The summed E-state index contributed by atoms with van der Waals surface area (Å²) in [6.07, 6.45) is 1.50. The standard InChI is InChI=1S/C19H15ClN2O4S/c1-11-4-2-3-5-14(11)21-17(24)10-22-18(25)16(27-19(22)26)9-12-6-7-15(23)13(20)8-12/h2-9,23H,10H2,1H3,(H,21,24)/b16-9+. The van der Waals surface area contributed by atoms with Crippen molar-refractivity contribution in [3.8, 4) is 5.75 Å². The number of thioether (sulfide) groups is 1. The van der Waals surface area contributed by atoms with E-state index in [2.05, 4.69) is 5.32 Å². The highest BCUT2D eigenvalue weighted by atomic mass is 35.5. The first-order valence-electron chi connectivity index (χ1n) is 7.94. The molecule has 0 unspecified atom stereocenters. The third-order valence-electron chi connectivity index (χ3n) is 3.86. The summed E-state index contributed by atoms with van der Waals surface area (Å²) in [5, 5.41) is 11.8. The van der Waals surface area contributed by atoms with Gasteiger partial charge in [0, 0.05) is 5.69 Å². The minimum Gasteiger partial charge on any atom is -0.506 e. The third kappa shape index (κ3) is 4.32. The number of phenols is 1. The molecule has 0 bridgehead atoms. The molecule has 27 heavy (non-hydrogen) atoms. The van der Waals surface area contributed by atoms with E-state index < -0.39 is 17.1 Å². The summed E-state index contributed by atoms with van der Waals surface area (Å²) in [5.41, 5.74) is 2.07. The molecule has 1 aliphatic rings. The molecule has 0 aromatic heterocycles. The van der Waals surface area contributed by atoms with Crippen LogP contribution in [0.15, 0.2) is 47.4 Å². The van der Waals surface area contributed by atoms with Gasteiger partial charge < -0.3 is 10.4 Å². The number of carbonyl (C=O) groups is 3. The number of hydrogen-bond donors (Lipinski definition) is 2. The van der Waals surface area contributed by atoms with E-state index >= 15 is 0 Å². The lowest BCUT2D eigenvalue weighted by molar-refractivity contribution is -0.127. The Labute approximate surface area is 164 Å². The number of aryl methyl sites for hydroxylation is 1. The minimum atomic E-state index is -0.547. The molecule has 1 aliphatic heterocycles. The van der Waals surface area contributed by atoms with Crippen LogP contribution in [0.25, 0.3) is 6.08 Å². The smallest absolute Gasteiger partial charge is 0.294 e. The fraction of sp³-hybridized carbons (Fsp3) is 0.105. The van der Waals surface area contributed by atoms with E-state index in [0.717, 1.165) is 22.2 Å². The molecule has 1 fully saturated rings. The van der Waals surface area contributed by atoms with Crippen LogP contribution in [-0.2, 0) is 9.59 Å². The lowest BCUT2D eigenvalue weighted by Gasteiger charge is -2.13. The van der Waals surface area contributed by atoms with Crippen LogP contribution in [0, 0.1) is 6.92 Å². The topological polar surface area (TPSA) is 86.7 Å². The first kappa shape index (κ1) is 19.0. The maximum atomic E-state index is 12.5. The van der Waals surface area contributed by atoms with Crippen molar-refractivity contribution in [1.82, 2.24) is 4.90 Å². The van der Waals surface area contributed by atoms with Crippen molar-refractivity contribution < 1.29 is 19.5 Å². The Kier molecular flexibility index (Phi) is 5.53. The van der Waals surface area contributed by atoms with Crippen LogP contribution in [0.5, 0.6) is 5.75 Å². The summed E-state index contributed by atoms with van der Waals surface area (Å²) in [4.78, 5) is 37.9. The molecule has 3 amide bonds. The molecular formula is C19H15ClN2O4S. The number of amides is 3. The van der Waals surface area contributed by atoms with E-state index in [9.17, 15) is 19.5 Å². The lowest BCUT2D eigenvalue weighted by atomic mass is 10.2. The molecule has 2 aromatic carbocycles. The number of aromatic hydroxyl groups is 1. The molecule has 0 spiro atoms. The van der Waals surface area contributed by atoms with Gasteiger partial charge in [0.1, 0.15) is 12.3 Å². The Balaban J connectivity index is 1.72. The second-order valence-corrected chi connectivity index (χ2v) is 7.24. The van der Waals surface area contributed by atoms with Gasteiger partial charge >= 0.3 is 0 Å². The van der Waals surface area contributed by atoms with E-state index in [-0.39, 0.29) is 22.2 Å². The molecule has 0 radical (unpaired) electrons. The van der Waals surface area contributed by atoms with Crippen molar-refractivity contribution >= 4 is 52.2 Å². The number of benzene rings is 2. The Morgan fingerprint density at radius 3 is 2.70 bits per heavy atom. The van der Waals surface area contributed by atoms with Crippen molar-refractivity contribution in [3.63, 3.8) is 0 Å². The molecule has 6 nitrogen and oxygen atoms in total. The van der Waals surface area contributed by atoms with Gasteiger partial charge in [0.25, 0.3) is 11.1 Å². The SMILES string of the molecule is Cc1ccccc1NC(=O)CN1C(=O)S/C(=C/c2ccc(O)c(Cl)c2)C1=O. The Hall–Kier alpha value is -2.77. The fourth-order valence-corrected chi connectivity index (χ4v) is 3.47.